The number of amides is 6. The summed E-state index contributed by atoms with van der Waals surface area (Å²) in [6.07, 6.45) is 1.67. The number of hydrogen-bond acceptors (Lipinski definition) is 10. The standard InChI is InChI=1S/C23H37N7O10/c1-12(22(38)30-7-3-5-16(30)21(37)28-14(11-32)23(39)40)26-17(33)9-25-19(35)13(10-31)27-20(36)15-4-2-6-29(15)18(34)8-24/h12-16,31-32H,2-11,24H2,1H3,(H,25,35)(H,26,33)(H,27,36)(H,28,37)(H,39,40)/t12-,13-,14-,15-,16-/m0/s1. The Kier molecular flexibility index (Phi) is 12.2. The third-order valence-electron chi connectivity index (χ3n) is 6.67. The van der Waals surface area contributed by atoms with Crippen LogP contribution in [0.15, 0.2) is 0 Å². The second-order valence-corrected chi connectivity index (χ2v) is 9.47. The Bertz CT molecular complexity index is 993. The summed E-state index contributed by atoms with van der Waals surface area (Å²) in [7, 11) is 0. The summed E-state index contributed by atoms with van der Waals surface area (Å²) in [6.45, 7) is -0.560. The molecule has 0 aromatic carbocycles. The number of carboxylic acid groups (broad SMARTS) is 1. The van der Waals surface area contributed by atoms with E-state index < -0.39 is 91.4 Å². The molecule has 224 valence electrons. The van der Waals surface area contributed by atoms with Crippen molar-refractivity contribution in [3.05, 3.63) is 0 Å². The minimum absolute atomic E-state index is 0.192. The van der Waals surface area contributed by atoms with E-state index in [9.17, 15) is 38.7 Å². The molecule has 2 rings (SSSR count). The number of aliphatic hydroxyl groups is 2. The monoisotopic (exact) mass is 571 g/mol. The smallest absolute Gasteiger partial charge is 0.328 e. The van der Waals surface area contributed by atoms with Crippen LogP contribution in [0.4, 0.5) is 0 Å². The molecule has 2 aliphatic heterocycles. The number of carbonyl (C=O) groups is 7. The quantitative estimate of drug-likeness (QED) is 0.103. The van der Waals surface area contributed by atoms with E-state index in [0.29, 0.717) is 25.8 Å². The van der Waals surface area contributed by atoms with Crippen molar-refractivity contribution in [2.24, 2.45) is 5.73 Å². The van der Waals surface area contributed by atoms with Gasteiger partial charge in [0, 0.05) is 13.1 Å². The van der Waals surface area contributed by atoms with Gasteiger partial charge >= 0.3 is 5.97 Å². The molecule has 0 aromatic heterocycles. The second-order valence-electron chi connectivity index (χ2n) is 9.47. The number of nitrogens with zero attached hydrogens (tertiary/aromatic N) is 2. The van der Waals surface area contributed by atoms with Crippen molar-refractivity contribution >= 4 is 41.4 Å². The maximum atomic E-state index is 12.9. The van der Waals surface area contributed by atoms with Crippen LogP contribution < -0.4 is 27.0 Å². The van der Waals surface area contributed by atoms with Crippen LogP contribution in [0.2, 0.25) is 0 Å². The number of carbonyl (C=O) groups excluding carboxylic acids is 6. The summed E-state index contributed by atoms with van der Waals surface area (Å²) < 4.78 is 0. The van der Waals surface area contributed by atoms with E-state index >= 15 is 0 Å². The summed E-state index contributed by atoms with van der Waals surface area (Å²) >= 11 is 0. The molecule has 0 aliphatic carbocycles. The largest absolute Gasteiger partial charge is 0.480 e. The van der Waals surface area contributed by atoms with E-state index in [1.165, 1.54) is 16.7 Å². The minimum Gasteiger partial charge on any atom is -0.480 e. The topological polar surface area (TPSA) is 261 Å². The lowest BCUT2D eigenvalue weighted by atomic mass is 10.1. The highest BCUT2D eigenvalue weighted by atomic mass is 16.4. The Labute approximate surface area is 229 Å². The van der Waals surface area contributed by atoms with Crippen molar-refractivity contribution < 1.29 is 48.9 Å². The number of aliphatic carboxylic acids is 1. The van der Waals surface area contributed by atoms with Crippen molar-refractivity contribution in [3.8, 4) is 0 Å². The molecule has 5 atom stereocenters. The molecule has 0 saturated carbocycles. The van der Waals surface area contributed by atoms with Crippen molar-refractivity contribution in [2.75, 3.05) is 39.4 Å². The average molecular weight is 572 g/mol. The molecular formula is C23H37N7O10. The van der Waals surface area contributed by atoms with Gasteiger partial charge in [-0.25, -0.2) is 4.79 Å². The van der Waals surface area contributed by atoms with Crippen molar-refractivity contribution in [2.45, 2.75) is 62.8 Å². The molecule has 6 amide bonds. The first kappa shape index (κ1) is 32.4. The second kappa shape index (κ2) is 15.1. The van der Waals surface area contributed by atoms with Crippen LogP contribution in [0.25, 0.3) is 0 Å². The van der Waals surface area contributed by atoms with Crippen LogP contribution in [0.1, 0.15) is 32.6 Å². The highest BCUT2D eigenvalue weighted by Gasteiger charge is 2.38. The zero-order valence-corrected chi connectivity index (χ0v) is 22.1. The third-order valence-corrected chi connectivity index (χ3v) is 6.67. The maximum absolute atomic E-state index is 12.9. The summed E-state index contributed by atoms with van der Waals surface area (Å²) in [5.41, 5.74) is 5.36. The van der Waals surface area contributed by atoms with Gasteiger partial charge in [-0.05, 0) is 32.6 Å². The predicted molar refractivity (Wildman–Crippen MR) is 135 cm³/mol. The number of hydrogen-bond donors (Lipinski definition) is 8. The fourth-order valence-corrected chi connectivity index (χ4v) is 4.57. The first-order valence-corrected chi connectivity index (χ1v) is 12.9. The van der Waals surface area contributed by atoms with E-state index in [4.69, 9.17) is 15.9 Å². The molecular weight excluding hydrogens is 534 g/mol. The molecule has 0 bridgehead atoms. The summed E-state index contributed by atoms with van der Waals surface area (Å²) in [4.78, 5) is 88.3. The molecule has 0 radical (unpaired) electrons. The van der Waals surface area contributed by atoms with E-state index in [2.05, 4.69) is 21.3 Å². The highest BCUT2D eigenvalue weighted by molar-refractivity contribution is 5.96. The Morgan fingerprint density at radius 1 is 0.850 bits per heavy atom. The number of rotatable bonds is 13. The lowest BCUT2D eigenvalue weighted by Gasteiger charge is -2.28. The van der Waals surface area contributed by atoms with Gasteiger partial charge in [-0.2, -0.15) is 0 Å². The van der Waals surface area contributed by atoms with Gasteiger partial charge in [0.25, 0.3) is 0 Å². The highest BCUT2D eigenvalue weighted by Crippen LogP contribution is 2.19. The third kappa shape index (κ3) is 8.33. The average Bonchev–Trinajstić information content (AvgIpc) is 3.62. The Morgan fingerprint density at radius 3 is 1.90 bits per heavy atom. The van der Waals surface area contributed by atoms with E-state index in [1.54, 1.807) is 0 Å². The number of nitrogens with one attached hydrogen (secondary N) is 4. The Morgan fingerprint density at radius 2 is 1.38 bits per heavy atom. The van der Waals surface area contributed by atoms with Crippen molar-refractivity contribution in [1.82, 2.24) is 31.1 Å². The minimum atomic E-state index is -1.52. The number of nitrogens with two attached hydrogens (primary N) is 1. The van der Waals surface area contributed by atoms with Gasteiger partial charge in [-0.1, -0.05) is 0 Å². The number of carboxylic acids is 1. The van der Waals surface area contributed by atoms with E-state index in [-0.39, 0.29) is 19.5 Å². The van der Waals surface area contributed by atoms with Crippen LogP contribution in [0.3, 0.4) is 0 Å². The van der Waals surface area contributed by atoms with Crippen LogP contribution in [0.5, 0.6) is 0 Å². The number of likely N-dealkylation sites (tertiary alicyclic amines) is 2. The number of aliphatic hydroxyl groups excluding tert-OH is 2. The molecule has 17 heteroatoms. The van der Waals surface area contributed by atoms with Crippen molar-refractivity contribution in [1.29, 1.82) is 0 Å². The Balaban J connectivity index is 1.86. The van der Waals surface area contributed by atoms with Crippen LogP contribution in [-0.4, -0.2) is 136 Å². The molecule has 2 aliphatic rings. The lowest BCUT2D eigenvalue weighted by molar-refractivity contribution is -0.145. The summed E-state index contributed by atoms with van der Waals surface area (Å²) in [5, 5.41) is 36.9. The van der Waals surface area contributed by atoms with Gasteiger partial charge in [-0.15, -0.1) is 0 Å². The predicted octanol–water partition coefficient (Wildman–Crippen LogP) is -5.41. The summed E-state index contributed by atoms with van der Waals surface area (Å²) in [6, 6.07) is -5.84. The van der Waals surface area contributed by atoms with E-state index in [1.807, 2.05) is 0 Å². The molecule has 0 spiro atoms. The lowest BCUT2D eigenvalue weighted by Crippen LogP contribution is -2.57. The molecule has 0 aromatic rings. The molecule has 17 nitrogen and oxygen atoms in total. The van der Waals surface area contributed by atoms with Crippen LogP contribution in [-0.2, 0) is 33.6 Å². The molecule has 40 heavy (non-hydrogen) atoms. The Hall–Kier alpha value is -3.83. The van der Waals surface area contributed by atoms with Gasteiger partial charge in [0.05, 0.1) is 26.3 Å². The molecule has 2 saturated heterocycles. The van der Waals surface area contributed by atoms with Gasteiger partial charge in [-0.3, -0.25) is 28.8 Å². The zero-order valence-electron chi connectivity index (χ0n) is 22.1. The first-order chi connectivity index (χ1) is 18.9. The summed E-state index contributed by atoms with van der Waals surface area (Å²) in [5.74, 6) is -5.48. The molecule has 2 fully saturated rings. The van der Waals surface area contributed by atoms with Crippen LogP contribution in [0, 0.1) is 0 Å². The molecule has 2 heterocycles. The normalized spacial score (nSPS) is 20.7. The van der Waals surface area contributed by atoms with Crippen molar-refractivity contribution in [3.63, 3.8) is 0 Å². The van der Waals surface area contributed by atoms with Gasteiger partial charge < -0.3 is 52.1 Å². The fourth-order valence-electron chi connectivity index (χ4n) is 4.57. The van der Waals surface area contributed by atoms with Gasteiger partial charge in [0.2, 0.25) is 35.4 Å². The van der Waals surface area contributed by atoms with E-state index in [0.717, 1.165) is 0 Å². The van der Waals surface area contributed by atoms with Gasteiger partial charge in [0.15, 0.2) is 0 Å². The fraction of sp³-hybridized carbons (Fsp3) is 0.696. The van der Waals surface area contributed by atoms with Gasteiger partial charge in [0.1, 0.15) is 30.2 Å². The molecule has 9 N–H and O–H groups in total. The van der Waals surface area contributed by atoms with Crippen LogP contribution >= 0.6 is 0 Å². The molecule has 0 unspecified atom stereocenters. The maximum Gasteiger partial charge on any atom is 0.328 e. The first-order valence-electron chi connectivity index (χ1n) is 12.9. The zero-order chi connectivity index (χ0) is 30.0. The SMILES string of the molecule is C[C@H](NC(=O)CNC(=O)[C@H](CO)NC(=O)[C@@H]1CCCN1C(=O)CN)C(=O)N1CCC[C@H]1C(=O)N[C@@H](CO)C(=O)O.